The fraction of sp³-hybridized carbons (Fsp3) is 0.316. The number of para-hydroxylation sites is 1. The van der Waals surface area contributed by atoms with Crippen molar-refractivity contribution in [2.75, 3.05) is 11.9 Å². The molecule has 0 bridgehead atoms. The second-order valence-corrected chi connectivity index (χ2v) is 6.40. The first kappa shape index (κ1) is 17.1. The van der Waals surface area contributed by atoms with E-state index in [2.05, 4.69) is 10.2 Å². The van der Waals surface area contributed by atoms with Crippen LogP contribution in [0.2, 0.25) is 0 Å². The molecule has 0 unspecified atom stereocenters. The second-order valence-electron chi connectivity index (χ2n) is 6.40. The molecule has 1 fully saturated rings. The van der Waals surface area contributed by atoms with Crippen LogP contribution in [0.1, 0.15) is 24.0 Å². The van der Waals surface area contributed by atoms with Gasteiger partial charge in [-0.15, -0.1) is 0 Å². The summed E-state index contributed by atoms with van der Waals surface area (Å²) in [5, 5.41) is 13.9. The average Bonchev–Trinajstić information content (AvgIpc) is 3.42. The van der Waals surface area contributed by atoms with Crippen LogP contribution in [-0.2, 0) is 11.3 Å². The molecule has 3 rings (SSSR count). The Hall–Kier alpha value is -2.73. The lowest BCUT2D eigenvalue weighted by molar-refractivity contribution is -0.384. The molecule has 1 aliphatic rings. The highest BCUT2D eigenvalue weighted by atomic mass is 16.6. The molecule has 25 heavy (non-hydrogen) atoms. The Morgan fingerprint density at radius 3 is 2.56 bits per heavy atom. The van der Waals surface area contributed by atoms with Crippen LogP contribution in [0.3, 0.4) is 0 Å². The van der Waals surface area contributed by atoms with Crippen LogP contribution >= 0.6 is 0 Å². The first-order valence-corrected chi connectivity index (χ1v) is 8.36. The smallest absolute Gasteiger partial charge is 0.293 e. The van der Waals surface area contributed by atoms with Gasteiger partial charge in [0, 0.05) is 18.7 Å². The lowest BCUT2D eigenvalue weighted by Crippen LogP contribution is -2.34. The van der Waals surface area contributed by atoms with Crippen LogP contribution in [0.15, 0.2) is 48.5 Å². The van der Waals surface area contributed by atoms with E-state index in [9.17, 15) is 14.9 Å². The molecule has 0 atom stereocenters. The van der Waals surface area contributed by atoms with E-state index in [4.69, 9.17) is 0 Å². The zero-order valence-corrected chi connectivity index (χ0v) is 14.1. The summed E-state index contributed by atoms with van der Waals surface area (Å²) in [6.45, 7) is 2.69. The lowest BCUT2D eigenvalue weighted by atomic mass is 10.1. The minimum Gasteiger partial charge on any atom is -0.319 e. The summed E-state index contributed by atoms with van der Waals surface area (Å²) in [4.78, 5) is 25.3. The van der Waals surface area contributed by atoms with Crippen LogP contribution in [0.4, 0.5) is 11.4 Å². The highest BCUT2D eigenvalue weighted by Gasteiger charge is 2.30. The predicted octanol–water partition coefficient (Wildman–Crippen LogP) is 3.51. The van der Waals surface area contributed by atoms with Crippen LogP contribution in [-0.4, -0.2) is 28.3 Å². The third kappa shape index (κ3) is 4.42. The fourth-order valence-corrected chi connectivity index (χ4v) is 2.90. The van der Waals surface area contributed by atoms with Crippen molar-refractivity contribution in [3.8, 4) is 0 Å². The maximum atomic E-state index is 12.5. The lowest BCUT2D eigenvalue weighted by Gasteiger charge is -2.21. The van der Waals surface area contributed by atoms with Crippen molar-refractivity contribution in [2.24, 2.45) is 0 Å². The van der Waals surface area contributed by atoms with E-state index in [1.54, 1.807) is 19.1 Å². The number of rotatable bonds is 7. The van der Waals surface area contributed by atoms with E-state index in [0.29, 0.717) is 18.2 Å². The Balaban J connectivity index is 1.70. The van der Waals surface area contributed by atoms with Gasteiger partial charge >= 0.3 is 0 Å². The Morgan fingerprint density at radius 2 is 1.92 bits per heavy atom. The van der Waals surface area contributed by atoms with E-state index in [1.165, 1.54) is 6.07 Å². The summed E-state index contributed by atoms with van der Waals surface area (Å²) >= 11 is 0. The van der Waals surface area contributed by atoms with Crippen molar-refractivity contribution < 1.29 is 9.72 Å². The molecule has 6 nitrogen and oxygen atoms in total. The number of nitro benzene ring substituents is 1. The predicted molar refractivity (Wildman–Crippen MR) is 96.3 cm³/mol. The van der Waals surface area contributed by atoms with Gasteiger partial charge in [-0.05, 0) is 30.9 Å². The zero-order valence-electron chi connectivity index (χ0n) is 14.1. The number of anilines is 1. The zero-order chi connectivity index (χ0) is 17.8. The topological polar surface area (TPSA) is 75.5 Å². The normalized spacial score (nSPS) is 13.7. The molecule has 1 aliphatic carbocycles. The Labute approximate surface area is 146 Å². The SMILES string of the molecule is Cc1cccc([N+](=O)[O-])c1NC(=O)CN(Cc1ccccc1)C1CC1. The molecule has 2 aromatic carbocycles. The summed E-state index contributed by atoms with van der Waals surface area (Å²) in [6, 6.07) is 15.2. The van der Waals surface area contributed by atoms with Gasteiger partial charge in [0.1, 0.15) is 5.69 Å². The van der Waals surface area contributed by atoms with Crippen molar-refractivity contribution in [1.29, 1.82) is 0 Å². The summed E-state index contributed by atoms with van der Waals surface area (Å²) in [7, 11) is 0. The molecule has 0 heterocycles. The van der Waals surface area contributed by atoms with Gasteiger partial charge in [-0.2, -0.15) is 0 Å². The third-order valence-corrected chi connectivity index (χ3v) is 4.35. The molecule has 1 amide bonds. The average molecular weight is 339 g/mol. The monoisotopic (exact) mass is 339 g/mol. The molecule has 0 aromatic heterocycles. The third-order valence-electron chi connectivity index (χ3n) is 4.35. The standard InChI is InChI=1S/C19H21N3O3/c1-14-6-5-9-17(22(24)25)19(14)20-18(23)13-21(16-10-11-16)12-15-7-3-2-4-8-15/h2-9,16H,10-13H2,1H3,(H,20,23). The Kier molecular flexibility index (Phi) is 5.09. The number of amides is 1. The summed E-state index contributed by atoms with van der Waals surface area (Å²) < 4.78 is 0. The van der Waals surface area contributed by atoms with Crippen LogP contribution in [0.5, 0.6) is 0 Å². The number of nitrogens with zero attached hydrogens (tertiary/aromatic N) is 2. The molecule has 0 spiro atoms. The van der Waals surface area contributed by atoms with Crippen molar-refractivity contribution in [3.05, 3.63) is 69.8 Å². The molecule has 0 radical (unpaired) electrons. The van der Waals surface area contributed by atoms with Crippen LogP contribution in [0.25, 0.3) is 0 Å². The van der Waals surface area contributed by atoms with Gasteiger partial charge in [0.05, 0.1) is 11.5 Å². The molecular weight excluding hydrogens is 318 g/mol. The van der Waals surface area contributed by atoms with Crippen LogP contribution in [0, 0.1) is 17.0 Å². The van der Waals surface area contributed by atoms with Crippen molar-refractivity contribution in [2.45, 2.75) is 32.4 Å². The molecule has 6 heteroatoms. The Bertz CT molecular complexity index is 773. The number of nitro groups is 1. The van der Waals surface area contributed by atoms with Gasteiger partial charge in [0.2, 0.25) is 5.91 Å². The number of carbonyl (C=O) groups is 1. The molecule has 0 aliphatic heterocycles. The fourth-order valence-electron chi connectivity index (χ4n) is 2.90. The van der Waals surface area contributed by atoms with E-state index in [0.717, 1.165) is 18.4 Å². The summed E-state index contributed by atoms with van der Waals surface area (Å²) in [6.07, 6.45) is 2.18. The number of aryl methyl sites for hydroxylation is 1. The summed E-state index contributed by atoms with van der Waals surface area (Å²) in [5.74, 6) is -0.222. The van der Waals surface area contributed by atoms with Gasteiger partial charge in [-0.3, -0.25) is 19.8 Å². The van der Waals surface area contributed by atoms with E-state index < -0.39 is 4.92 Å². The number of benzene rings is 2. The van der Waals surface area contributed by atoms with E-state index >= 15 is 0 Å². The highest BCUT2D eigenvalue weighted by molar-refractivity contribution is 5.95. The minimum absolute atomic E-state index is 0.0746. The minimum atomic E-state index is -0.467. The number of hydrogen-bond acceptors (Lipinski definition) is 4. The first-order chi connectivity index (χ1) is 12.0. The highest BCUT2D eigenvalue weighted by Crippen LogP contribution is 2.30. The molecule has 0 saturated heterocycles. The number of nitrogens with one attached hydrogen (secondary N) is 1. The van der Waals surface area contributed by atoms with Gasteiger partial charge in [0.15, 0.2) is 0 Å². The van der Waals surface area contributed by atoms with Crippen molar-refractivity contribution >= 4 is 17.3 Å². The van der Waals surface area contributed by atoms with Gasteiger partial charge < -0.3 is 5.32 Å². The molecule has 130 valence electrons. The number of hydrogen-bond donors (Lipinski definition) is 1. The maximum absolute atomic E-state index is 12.5. The quantitative estimate of drug-likeness (QED) is 0.619. The first-order valence-electron chi connectivity index (χ1n) is 8.36. The van der Waals surface area contributed by atoms with E-state index in [-0.39, 0.29) is 23.8 Å². The largest absolute Gasteiger partial charge is 0.319 e. The van der Waals surface area contributed by atoms with Gasteiger partial charge in [0.25, 0.3) is 5.69 Å². The summed E-state index contributed by atoms with van der Waals surface area (Å²) in [5.41, 5.74) is 2.05. The van der Waals surface area contributed by atoms with Crippen molar-refractivity contribution in [3.63, 3.8) is 0 Å². The van der Waals surface area contributed by atoms with Gasteiger partial charge in [-0.1, -0.05) is 42.5 Å². The van der Waals surface area contributed by atoms with Crippen LogP contribution < -0.4 is 5.32 Å². The number of carbonyl (C=O) groups excluding carboxylic acids is 1. The molecule has 1 N–H and O–H groups in total. The van der Waals surface area contributed by atoms with E-state index in [1.807, 2.05) is 30.3 Å². The molecule has 2 aromatic rings. The Morgan fingerprint density at radius 1 is 1.20 bits per heavy atom. The van der Waals surface area contributed by atoms with Crippen molar-refractivity contribution in [1.82, 2.24) is 4.90 Å². The maximum Gasteiger partial charge on any atom is 0.293 e. The second kappa shape index (κ2) is 7.44. The molecular formula is C19H21N3O3. The van der Waals surface area contributed by atoms with Gasteiger partial charge in [-0.25, -0.2) is 0 Å². The molecule has 1 saturated carbocycles.